The van der Waals surface area contributed by atoms with E-state index in [2.05, 4.69) is 13.8 Å². The van der Waals surface area contributed by atoms with Crippen LogP contribution in [0.5, 0.6) is 0 Å². The van der Waals surface area contributed by atoms with Gasteiger partial charge in [-0.1, -0.05) is 38.1 Å². The Labute approximate surface area is 97.1 Å². The lowest BCUT2D eigenvalue weighted by molar-refractivity contribution is 0.110. The zero-order valence-corrected chi connectivity index (χ0v) is 9.99. The Kier molecular flexibility index (Phi) is 4.99. The van der Waals surface area contributed by atoms with Crippen molar-refractivity contribution in [3.05, 3.63) is 35.4 Å². The van der Waals surface area contributed by atoms with Crippen LogP contribution in [0.15, 0.2) is 24.3 Å². The molecule has 0 bridgehead atoms. The molecule has 1 rings (SSSR count). The highest BCUT2D eigenvalue weighted by atomic mass is 16.5. The summed E-state index contributed by atoms with van der Waals surface area (Å²) in [6.45, 7) is 5.63. The van der Waals surface area contributed by atoms with Crippen LogP contribution in [-0.2, 0) is 11.3 Å². The van der Waals surface area contributed by atoms with Crippen molar-refractivity contribution < 1.29 is 4.74 Å². The second-order valence-corrected chi connectivity index (χ2v) is 4.31. The van der Waals surface area contributed by atoms with Crippen molar-refractivity contribution in [3.63, 3.8) is 0 Å². The third-order valence-electron chi connectivity index (χ3n) is 2.40. The molecule has 0 aliphatic heterocycles. The fourth-order valence-corrected chi connectivity index (χ4v) is 1.41. The molecule has 3 nitrogen and oxygen atoms in total. The minimum Gasteiger partial charge on any atom is -0.384 e. The average Bonchev–Trinajstić information content (AvgIpc) is 2.24. The zero-order chi connectivity index (χ0) is 12.0. The Morgan fingerprint density at radius 1 is 1.38 bits per heavy atom. The van der Waals surface area contributed by atoms with Crippen LogP contribution in [0, 0.1) is 11.3 Å². The Morgan fingerprint density at radius 2 is 2.06 bits per heavy atom. The average molecular weight is 220 g/mol. The molecule has 0 aliphatic rings. The van der Waals surface area contributed by atoms with Crippen molar-refractivity contribution in [3.8, 4) is 0 Å². The summed E-state index contributed by atoms with van der Waals surface area (Å²) in [4.78, 5) is 0. The van der Waals surface area contributed by atoms with Crippen molar-refractivity contribution >= 4 is 5.84 Å². The lowest BCUT2D eigenvalue weighted by Crippen LogP contribution is -2.14. The predicted octanol–water partition coefficient (Wildman–Crippen LogP) is 2.53. The third kappa shape index (κ3) is 4.03. The number of rotatable bonds is 6. The predicted molar refractivity (Wildman–Crippen MR) is 66.6 cm³/mol. The molecule has 0 aliphatic carbocycles. The summed E-state index contributed by atoms with van der Waals surface area (Å²) in [6, 6.07) is 7.62. The Balaban J connectivity index is 2.50. The summed E-state index contributed by atoms with van der Waals surface area (Å²) in [5.41, 5.74) is 7.25. The number of nitrogens with two attached hydrogens (primary N) is 1. The van der Waals surface area contributed by atoms with E-state index >= 15 is 0 Å². The van der Waals surface area contributed by atoms with Crippen molar-refractivity contribution in [1.29, 1.82) is 5.41 Å². The van der Waals surface area contributed by atoms with E-state index < -0.39 is 0 Å². The number of hydrogen-bond acceptors (Lipinski definition) is 2. The van der Waals surface area contributed by atoms with E-state index in [1.165, 1.54) is 0 Å². The number of ether oxygens (including phenoxy) is 1. The Bertz CT molecular complexity index is 348. The molecule has 0 spiro atoms. The number of nitrogens with one attached hydrogen (secondary N) is 1. The number of benzene rings is 1. The molecule has 88 valence electrons. The maximum Gasteiger partial charge on any atom is 0.123 e. The SMILES string of the molecule is CC(C)CCOCc1ccccc1C(=N)N. The molecule has 0 saturated heterocycles. The van der Waals surface area contributed by atoms with Crippen LogP contribution >= 0.6 is 0 Å². The molecular weight excluding hydrogens is 200 g/mol. The van der Waals surface area contributed by atoms with Crippen molar-refractivity contribution in [2.45, 2.75) is 26.9 Å². The summed E-state index contributed by atoms with van der Waals surface area (Å²) >= 11 is 0. The molecule has 3 N–H and O–H groups in total. The van der Waals surface area contributed by atoms with E-state index in [0.717, 1.165) is 24.2 Å². The van der Waals surface area contributed by atoms with Gasteiger partial charge in [0.15, 0.2) is 0 Å². The fraction of sp³-hybridized carbons (Fsp3) is 0.462. The number of hydrogen-bond donors (Lipinski definition) is 2. The van der Waals surface area contributed by atoms with E-state index in [9.17, 15) is 0 Å². The maximum absolute atomic E-state index is 7.45. The van der Waals surface area contributed by atoms with Crippen LogP contribution in [0.2, 0.25) is 0 Å². The normalized spacial score (nSPS) is 10.7. The standard InChI is InChI=1S/C13H20N2O/c1-10(2)7-8-16-9-11-5-3-4-6-12(11)13(14)15/h3-6,10H,7-9H2,1-2H3,(H3,14,15). The maximum atomic E-state index is 7.45. The highest BCUT2D eigenvalue weighted by molar-refractivity contribution is 5.96. The first-order valence-electron chi connectivity index (χ1n) is 5.61. The van der Waals surface area contributed by atoms with Crippen LogP contribution in [0.1, 0.15) is 31.4 Å². The van der Waals surface area contributed by atoms with E-state index in [1.54, 1.807) is 0 Å². The molecule has 0 heterocycles. The van der Waals surface area contributed by atoms with Gasteiger partial charge >= 0.3 is 0 Å². The molecule has 0 saturated carbocycles. The van der Waals surface area contributed by atoms with E-state index in [0.29, 0.717) is 12.5 Å². The van der Waals surface area contributed by atoms with Crippen LogP contribution in [0.4, 0.5) is 0 Å². The molecule has 0 unspecified atom stereocenters. The summed E-state index contributed by atoms with van der Waals surface area (Å²) in [5, 5.41) is 7.45. The molecule has 0 atom stereocenters. The second kappa shape index (κ2) is 6.28. The largest absolute Gasteiger partial charge is 0.384 e. The molecule has 0 radical (unpaired) electrons. The molecular formula is C13H20N2O. The molecule has 0 amide bonds. The van der Waals surface area contributed by atoms with Gasteiger partial charge in [0.1, 0.15) is 5.84 Å². The van der Waals surface area contributed by atoms with Gasteiger partial charge < -0.3 is 10.5 Å². The molecule has 0 fully saturated rings. The van der Waals surface area contributed by atoms with Crippen molar-refractivity contribution in [2.24, 2.45) is 11.7 Å². The first-order valence-corrected chi connectivity index (χ1v) is 5.61. The van der Waals surface area contributed by atoms with Crippen LogP contribution in [-0.4, -0.2) is 12.4 Å². The minimum absolute atomic E-state index is 0.100. The lowest BCUT2D eigenvalue weighted by Gasteiger charge is -2.09. The first-order chi connectivity index (χ1) is 7.61. The zero-order valence-electron chi connectivity index (χ0n) is 9.99. The number of amidine groups is 1. The van der Waals surface area contributed by atoms with Crippen LogP contribution in [0.3, 0.4) is 0 Å². The first kappa shape index (κ1) is 12.7. The summed E-state index contributed by atoms with van der Waals surface area (Å²) in [5.74, 6) is 0.756. The van der Waals surface area contributed by atoms with Gasteiger partial charge in [-0.2, -0.15) is 0 Å². The fourth-order valence-electron chi connectivity index (χ4n) is 1.41. The topological polar surface area (TPSA) is 59.1 Å². The highest BCUT2D eigenvalue weighted by Crippen LogP contribution is 2.10. The Morgan fingerprint density at radius 3 is 2.69 bits per heavy atom. The number of nitrogen functional groups attached to an aromatic ring is 1. The van der Waals surface area contributed by atoms with Crippen molar-refractivity contribution in [1.82, 2.24) is 0 Å². The van der Waals surface area contributed by atoms with Gasteiger partial charge in [0.05, 0.1) is 6.61 Å². The van der Waals surface area contributed by atoms with Gasteiger partial charge in [-0.25, -0.2) is 0 Å². The van der Waals surface area contributed by atoms with Gasteiger partial charge in [-0.05, 0) is 17.9 Å². The van der Waals surface area contributed by atoms with Gasteiger partial charge in [0.25, 0.3) is 0 Å². The second-order valence-electron chi connectivity index (χ2n) is 4.31. The van der Waals surface area contributed by atoms with Crippen LogP contribution in [0.25, 0.3) is 0 Å². The lowest BCUT2D eigenvalue weighted by atomic mass is 10.1. The van der Waals surface area contributed by atoms with Gasteiger partial charge in [0.2, 0.25) is 0 Å². The highest BCUT2D eigenvalue weighted by Gasteiger charge is 2.04. The molecule has 1 aromatic carbocycles. The summed E-state index contributed by atoms with van der Waals surface area (Å²) in [6.07, 6.45) is 1.06. The summed E-state index contributed by atoms with van der Waals surface area (Å²) < 4.78 is 5.57. The Hall–Kier alpha value is -1.35. The summed E-state index contributed by atoms with van der Waals surface area (Å²) in [7, 11) is 0. The molecule has 16 heavy (non-hydrogen) atoms. The smallest absolute Gasteiger partial charge is 0.123 e. The minimum atomic E-state index is 0.100. The van der Waals surface area contributed by atoms with Crippen LogP contribution < -0.4 is 5.73 Å². The van der Waals surface area contributed by atoms with Gasteiger partial charge in [-0.3, -0.25) is 5.41 Å². The molecule has 3 heteroatoms. The van der Waals surface area contributed by atoms with E-state index in [4.69, 9.17) is 15.9 Å². The monoisotopic (exact) mass is 220 g/mol. The van der Waals surface area contributed by atoms with Gasteiger partial charge in [-0.15, -0.1) is 0 Å². The third-order valence-corrected chi connectivity index (χ3v) is 2.40. The van der Waals surface area contributed by atoms with E-state index in [1.807, 2.05) is 24.3 Å². The van der Waals surface area contributed by atoms with E-state index in [-0.39, 0.29) is 5.84 Å². The van der Waals surface area contributed by atoms with Gasteiger partial charge in [0, 0.05) is 12.2 Å². The quantitative estimate of drug-likeness (QED) is 0.439. The molecule has 1 aromatic rings. The molecule has 0 aromatic heterocycles. The van der Waals surface area contributed by atoms with Crippen molar-refractivity contribution in [2.75, 3.05) is 6.61 Å².